The maximum atomic E-state index is 12.9. The second-order valence-electron chi connectivity index (χ2n) is 7.16. The molecule has 1 fully saturated rings. The Morgan fingerprint density at radius 1 is 1.25 bits per heavy atom. The first-order valence-corrected chi connectivity index (χ1v) is 10.2. The fraction of sp³-hybridized carbons (Fsp3) is 0.364. The van der Waals surface area contributed by atoms with Gasteiger partial charge in [0.1, 0.15) is 0 Å². The lowest BCUT2D eigenvalue weighted by atomic mass is 9.96. The number of ether oxygens (including phenoxy) is 1. The Morgan fingerprint density at radius 2 is 2.04 bits per heavy atom. The SMILES string of the molecule is COC(=O)c1cccc(NC(=O)C2CCCN(Cc3cccc(Br)c3)C2)c1C. The lowest BCUT2D eigenvalue weighted by Crippen LogP contribution is -2.40. The summed E-state index contributed by atoms with van der Waals surface area (Å²) in [6, 6.07) is 13.6. The third-order valence-corrected chi connectivity index (χ3v) is 5.66. The third-order valence-electron chi connectivity index (χ3n) is 5.17. The van der Waals surface area contributed by atoms with Gasteiger partial charge in [-0.25, -0.2) is 4.79 Å². The van der Waals surface area contributed by atoms with Gasteiger partial charge in [-0.15, -0.1) is 0 Å². The number of anilines is 1. The van der Waals surface area contributed by atoms with Crippen molar-refractivity contribution in [2.75, 3.05) is 25.5 Å². The number of benzene rings is 2. The maximum Gasteiger partial charge on any atom is 0.338 e. The topological polar surface area (TPSA) is 58.6 Å². The summed E-state index contributed by atoms with van der Waals surface area (Å²) in [4.78, 5) is 27.1. The Morgan fingerprint density at radius 3 is 2.79 bits per heavy atom. The molecule has 0 aliphatic carbocycles. The van der Waals surface area contributed by atoms with Gasteiger partial charge < -0.3 is 10.1 Å². The van der Waals surface area contributed by atoms with Crippen LogP contribution in [-0.2, 0) is 16.1 Å². The molecule has 28 heavy (non-hydrogen) atoms. The number of nitrogens with one attached hydrogen (secondary N) is 1. The van der Waals surface area contributed by atoms with Gasteiger partial charge in [0.2, 0.25) is 5.91 Å². The van der Waals surface area contributed by atoms with Crippen LogP contribution in [0.5, 0.6) is 0 Å². The highest BCUT2D eigenvalue weighted by molar-refractivity contribution is 9.10. The van der Waals surface area contributed by atoms with Gasteiger partial charge in [-0.1, -0.05) is 34.1 Å². The zero-order valence-electron chi connectivity index (χ0n) is 16.2. The minimum absolute atomic E-state index is 0.00376. The van der Waals surface area contributed by atoms with E-state index >= 15 is 0 Å². The Hall–Kier alpha value is -2.18. The molecule has 148 valence electrons. The lowest BCUT2D eigenvalue weighted by Gasteiger charge is -2.32. The highest BCUT2D eigenvalue weighted by Gasteiger charge is 2.26. The zero-order chi connectivity index (χ0) is 20.1. The number of likely N-dealkylation sites (tertiary alicyclic amines) is 1. The summed E-state index contributed by atoms with van der Waals surface area (Å²) < 4.78 is 5.88. The highest BCUT2D eigenvalue weighted by atomic mass is 79.9. The third kappa shape index (κ3) is 5.00. The number of nitrogens with zero attached hydrogens (tertiary/aromatic N) is 1. The summed E-state index contributed by atoms with van der Waals surface area (Å²) >= 11 is 3.51. The van der Waals surface area contributed by atoms with E-state index in [2.05, 4.69) is 38.3 Å². The first-order valence-electron chi connectivity index (χ1n) is 9.43. The summed E-state index contributed by atoms with van der Waals surface area (Å²) in [5.74, 6) is -0.461. The number of hydrogen-bond acceptors (Lipinski definition) is 4. The quantitative estimate of drug-likeness (QED) is 0.694. The van der Waals surface area contributed by atoms with Crippen LogP contribution in [0.4, 0.5) is 5.69 Å². The summed E-state index contributed by atoms with van der Waals surface area (Å²) in [5, 5.41) is 3.01. The Kier molecular flexibility index (Phi) is 6.86. The lowest BCUT2D eigenvalue weighted by molar-refractivity contribution is -0.121. The van der Waals surface area contributed by atoms with Crippen molar-refractivity contribution in [3.63, 3.8) is 0 Å². The van der Waals surface area contributed by atoms with Crippen LogP contribution in [0.15, 0.2) is 46.9 Å². The molecule has 1 amide bonds. The molecule has 1 saturated heterocycles. The summed E-state index contributed by atoms with van der Waals surface area (Å²) in [6.45, 7) is 4.38. The van der Waals surface area contributed by atoms with E-state index in [-0.39, 0.29) is 11.8 Å². The minimum Gasteiger partial charge on any atom is -0.465 e. The van der Waals surface area contributed by atoms with Gasteiger partial charge in [0.15, 0.2) is 0 Å². The fourth-order valence-electron chi connectivity index (χ4n) is 3.64. The molecule has 1 aliphatic heterocycles. The molecule has 0 spiro atoms. The molecular formula is C22H25BrN2O3. The first kappa shape index (κ1) is 20.6. The molecule has 1 atom stereocenters. The van der Waals surface area contributed by atoms with Gasteiger partial charge in [0, 0.05) is 23.2 Å². The second kappa shape index (κ2) is 9.34. The van der Waals surface area contributed by atoms with Crippen molar-refractivity contribution in [2.24, 2.45) is 5.92 Å². The van der Waals surface area contributed by atoms with Crippen LogP contribution in [0.1, 0.15) is 34.3 Å². The summed E-state index contributed by atoms with van der Waals surface area (Å²) in [7, 11) is 1.36. The molecule has 0 bridgehead atoms. The van der Waals surface area contributed by atoms with Crippen molar-refractivity contribution in [3.8, 4) is 0 Å². The molecule has 1 aliphatic rings. The van der Waals surface area contributed by atoms with Gasteiger partial charge in [-0.3, -0.25) is 9.69 Å². The molecule has 1 heterocycles. The first-order chi connectivity index (χ1) is 13.5. The van der Waals surface area contributed by atoms with E-state index in [1.54, 1.807) is 12.1 Å². The number of esters is 1. The van der Waals surface area contributed by atoms with Crippen LogP contribution in [0.25, 0.3) is 0 Å². The van der Waals surface area contributed by atoms with E-state index in [4.69, 9.17) is 4.74 Å². The molecule has 6 heteroatoms. The van der Waals surface area contributed by atoms with Crippen molar-refractivity contribution in [1.82, 2.24) is 4.90 Å². The van der Waals surface area contributed by atoms with Gasteiger partial charge in [0.25, 0.3) is 0 Å². The number of halogens is 1. The van der Waals surface area contributed by atoms with E-state index in [1.165, 1.54) is 12.7 Å². The molecular weight excluding hydrogens is 420 g/mol. The van der Waals surface area contributed by atoms with E-state index in [0.717, 1.165) is 42.5 Å². The summed E-state index contributed by atoms with van der Waals surface area (Å²) in [6.07, 6.45) is 1.86. The van der Waals surface area contributed by atoms with Crippen LogP contribution in [0, 0.1) is 12.8 Å². The van der Waals surface area contributed by atoms with Crippen LogP contribution in [0.2, 0.25) is 0 Å². The van der Waals surface area contributed by atoms with E-state index in [0.29, 0.717) is 11.3 Å². The second-order valence-corrected chi connectivity index (χ2v) is 8.08. The minimum atomic E-state index is -0.397. The number of amides is 1. The van der Waals surface area contributed by atoms with Gasteiger partial charge >= 0.3 is 5.97 Å². The smallest absolute Gasteiger partial charge is 0.338 e. The standard InChI is InChI=1S/C22H25BrN2O3/c1-15-19(22(27)28-2)9-4-10-20(15)24-21(26)17-7-5-11-25(14-17)13-16-6-3-8-18(23)12-16/h3-4,6,8-10,12,17H,5,7,11,13-14H2,1-2H3,(H,24,26). The van der Waals surface area contributed by atoms with E-state index < -0.39 is 5.97 Å². The monoisotopic (exact) mass is 444 g/mol. The number of methoxy groups -OCH3 is 1. The van der Waals surface area contributed by atoms with Crippen molar-refractivity contribution < 1.29 is 14.3 Å². The van der Waals surface area contributed by atoms with E-state index in [9.17, 15) is 9.59 Å². The van der Waals surface area contributed by atoms with Crippen LogP contribution in [0.3, 0.4) is 0 Å². The predicted molar refractivity (Wildman–Crippen MR) is 113 cm³/mol. The number of carbonyl (C=O) groups is 2. The predicted octanol–water partition coefficient (Wildman–Crippen LogP) is 4.39. The summed E-state index contributed by atoms with van der Waals surface area (Å²) in [5.41, 5.74) is 3.10. The van der Waals surface area contributed by atoms with Gasteiger partial charge in [0.05, 0.1) is 18.6 Å². The zero-order valence-corrected chi connectivity index (χ0v) is 17.8. The van der Waals surface area contributed by atoms with Gasteiger partial charge in [-0.05, 0) is 61.7 Å². The Bertz CT molecular complexity index is 869. The molecule has 0 radical (unpaired) electrons. The number of carbonyl (C=O) groups excluding carboxylic acids is 2. The van der Waals surface area contributed by atoms with Crippen molar-refractivity contribution in [3.05, 3.63) is 63.6 Å². The largest absolute Gasteiger partial charge is 0.465 e. The molecule has 5 nitrogen and oxygen atoms in total. The molecule has 1 unspecified atom stereocenters. The molecule has 0 aromatic heterocycles. The molecule has 1 N–H and O–H groups in total. The van der Waals surface area contributed by atoms with Crippen molar-refractivity contribution in [1.29, 1.82) is 0 Å². The number of hydrogen-bond donors (Lipinski definition) is 1. The van der Waals surface area contributed by atoms with Crippen LogP contribution < -0.4 is 5.32 Å². The van der Waals surface area contributed by atoms with Crippen LogP contribution in [-0.4, -0.2) is 37.0 Å². The molecule has 0 saturated carbocycles. The molecule has 2 aromatic rings. The molecule has 2 aromatic carbocycles. The van der Waals surface area contributed by atoms with Crippen molar-refractivity contribution in [2.45, 2.75) is 26.3 Å². The molecule has 3 rings (SSSR count). The van der Waals surface area contributed by atoms with Crippen LogP contribution >= 0.6 is 15.9 Å². The van der Waals surface area contributed by atoms with E-state index in [1.807, 2.05) is 25.1 Å². The average molecular weight is 445 g/mol. The number of piperidine rings is 1. The van der Waals surface area contributed by atoms with Crippen molar-refractivity contribution >= 4 is 33.5 Å². The Labute approximate surface area is 174 Å². The highest BCUT2D eigenvalue weighted by Crippen LogP contribution is 2.24. The number of rotatable bonds is 5. The van der Waals surface area contributed by atoms with Gasteiger partial charge in [-0.2, -0.15) is 0 Å². The maximum absolute atomic E-state index is 12.9. The normalized spacial score (nSPS) is 17.2. The fourth-order valence-corrected chi connectivity index (χ4v) is 4.09. The average Bonchev–Trinajstić information content (AvgIpc) is 2.69. The Balaban J connectivity index is 1.65.